The quantitative estimate of drug-likeness (QED) is 0.915. The van der Waals surface area contributed by atoms with E-state index in [4.69, 9.17) is 10.5 Å². The maximum atomic E-state index is 12.5. The highest BCUT2D eigenvalue weighted by molar-refractivity contribution is 5.83. The van der Waals surface area contributed by atoms with Crippen molar-refractivity contribution in [2.45, 2.75) is 24.9 Å². The normalized spacial score (nSPS) is 18.5. The Bertz CT molecular complexity index is 643. The molecule has 4 heteroatoms. The number of hydrogen-bond acceptors (Lipinski definition) is 3. The van der Waals surface area contributed by atoms with Gasteiger partial charge < -0.3 is 15.8 Å². The topological polar surface area (TPSA) is 64.4 Å². The van der Waals surface area contributed by atoms with E-state index in [0.717, 1.165) is 29.7 Å². The fourth-order valence-electron chi connectivity index (χ4n) is 2.75. The van der Waals surface area contributed by atoms with Gasteiger partial charge >= 0.3 is 0 Å². The monoisotopic (exact) mass is 296 g/mol. The lowest BCUT2D eigenvalue weighted by Gasteiger charge is -2.21. The van der Waals surface area contributed by atoms with Crippen molar-refractivity contribution >= 4 is 5.91 Å². The van der Waals surface area contributed by atoms with Crippen molar-refractivity contribution in [1.82, 2.24) is 5.32 Å². The van der Waals surface area contributed by atoms with Gasteiger partial charge in [0, 0.05) is 5.56 Å². The average molecular weight is 296 g/mol. The van der Waals surface area contributed by atoms with Gasteiger partial charge in [-0.2, -0.15) is 0 Å². The van der Waals surface area contributed by atoms with Crippen LogP contribution < -0.4 is 15.8 Å². The molecular formula is C18H20N2O2. The van der Waals surface area contributed by atoms with Crippen molar-refractivity contribution in [3.63, 3.8) is 0 Å². The minimum atomic E-state index is -0.655. The number of benzene rings is 2. The molecule has 3 N–H and O–H groups in total. The maximum Gasteiger partial charge on any atom is 0.241 e. The third kappa shape index (κ3) is 3.12. The average Bonchev–Trinajstić information content (AvgIpc) is 2.77. The maximum absolute atomic E-state index is 12.5. The van der Waals surface area contributed by atoms with Crippen LogP contribution in [0.4, 0.5) is 0 Å². The lowest BCUT2D eigenvalue weighted by atomic mass is 10.0. The summed E-state index contributed by atoms with van der Waals surface area (Å²) in [6.45, 7) is 0.675. The first kappa shape index (κ1) is 14.6. The van der Waals surface area contributed by atoms with Crippen LogP contribution in [0.1, 0.15) is 36.1 Å². The van der Waals surface area contributed by atoms with Crippen molar-refractivity contribution < 1.29 is 9.53 Å². The fourth-order valence-corrected chi connectivity index (χ4v) is 2.75. The zero-order valence-corrected chi connectivity index (χ0v) is 12.4. The second kappa shape index (κ2) is 6.62. The standard InChI is InChI=1S/C18H20N2O2/c19-17(13-7-2-1-3-8-13)18(21)20-15-10-6-12-22-16-11-5-4-9-14(15)16/h1-5,7-9,11,15,17H,6,10,12,19H2,(H,20,21). The Labute approximate surface area is 130 Å². The van der Waals surface area contributed by atoms with E-state index >= 15 is 0 Å². The van der Waals surface area contributed by atoms with E-state index in [2.05, 4.69) is 5.32 Å². The van der Waals surface area contributed by atoms with E-state index in [1.165, 1.54) is 0 Å². The zero-order chi connectivity index (χ0) is 15.4. The molecule has 22 heavy (non-hydrogen) atoms. The summed E-state index contributed by atoms with van der Waals surface area (Å²) < 4.78 is 5.72. The van der Waals surface area contributed by atoms with Crippen LogP contribution in [0.5, 0.6) is 5.75 Å². The summed E-state index contributed by atoms with van der Waals surface area (Å²) >= 11 is 0. The van der Waals surface area contributed by atoms with Gasteiger partial charge in [-0.1, -0.05) is 48.5 Å². The number of carbonyl (C=O) groups is 1. The summed E-state index contributed by atoms with van der Waals surface area (Å²) in [4.78, 5) is 12.5. The molecule has 1 amide bonds. The summed E-state index contributed by atoms with van der Waals surface area (Å²) in [6, 6.07) is 16.6. The Morgan fingerprint density at radius 1 is 1.14 bits per heavy atom. The highest BCUT2D eigenvalue weighted by atomic mass is 16.5. The van der Waals surface area contributed by atoms with E-state index in [0.29, 0.717) is 6.61 Å². The number of nitrogens with two attached hydrogens (primary N) is 1. The molecule has 0 fully saturated rings. The number of para-hydroxylation sites is 1. The third-order valence-electron chi connectivity index (χ3n) is 3.95. The summed E-state index contributed by atoms with van der Waals surface area (Å²) in [5.74, 6) is 0.687. The van der Waals surface area contributed by atoms with E-state index in [9.17, 15) is 4.79 Å². The second-order valence-electron chi connectivity index (χ2n) is 5.48. The fraction of sp³-hybridized carbons (Fsp3) is 0.278. The third-order valence-corrected chi connectivity index (χ3v) is 3.95. The molecule has 0 aromatic heterocycles. The smallest absolute Gasteiger partial charge is 0.241 e. The first-order chi connectivity index (χ1) is 10.8. The Hall–Kier alpha value is -2.33. The summed E-state index contributed by atoms with van der Waals surface area (Å²) in [6.07, 6.45) is 1.75. The first-order valence-corrected chi connectivity index (χ1v) is 7.58. The van der Waals surface area contributed by atoms with Crippen LogP contribution in [-0.2, 0) is 4.79 Å². The van der Waals surface area contributed by atoms with Gasteiger partial charge in [-0.05, 0) is 24.5 Å². The number of nitrogens with one attached hydrogen (secondary N) is 1. The molecule has 0 spiro atoms. The molecule has 1 aliphatic heterocycles. The molecule has 0 saturated heterocycles. The molecule has 2 unspecified atom stereocenters. The van der Waals surface area contributed by atoms with Gasteiger partial charge in [0.05, 0.1) is 12.6 Å². The van der Waals surface area contributed by atoms with Crippen LogP contribution in [0.15, 0.2) is 54.6 Å². The molecule has 0 aliphatic carbocycles. The molecule has 4 nitrogen and oxygen atoms in total. The van der Waals surface area contributed by atoms with Crippen LogP contribution in [0.2, 0.25) is 0 Å². The molecule has 1 aliphatic rings. The van der Waals surface area contributed by atoms with Crippen LogP contribution in [0.25, 0.3) is 0 Å². The van der Waals surface area contributed by atoms with Crippen molar-refractivity contribution in [3.8, 4) is 5.75 Å². The number of ether oxygens (including phenoxy) is 1. The predicted molar refractivity (Wildman–Crippen MR) is 85.4 cm³/mol. The highest BCUT2D eigenvalue weighted by Gasteiger charge is 2.24. The van der Waals surface area contributed by atoms with Gasteiger partial charge in [-0.3, -0.25) is 4.79 Å². The second-order valence-corrected chi connectivity index (χ2v) is 5.48. The van der Waals surface area contributed by atoms with Gasteiger partial charge in [0.15, 0.2) is 0 Å². The first-order valence-electron chi connectivity index (χ1n) is 7.58. The van der Waals surface area contributed by atoms with E-state index in [1.807, 2.05) is 54.6 Å². The molecule has 0 radical (unpaired) electrons. The molecule has 2 atom stereocenters. The molecule has 114 valence electrons. The van der Waals surface area contributed by atoms with E-state index in [1.54, 1.807) is 0 Å². The lowest BCUT2D eigenvalue weighted by molar-refractivity contribution is -0.123. The zero-order valence-electron chi connectivity index (χ0n) is 12.4. The van der Waals surface area contributed by atoms with Crippen molar-refractivity contribution in [2.24, 2.45) is 5.73 Å². The van der Waals surface area contributed by atoms with Gasteiger partial charge in [0.2, 0.25) is 5.91 Å². The van der Waals surface area contributed by atoms with Gasteiger partial charge in [0.1, 0.15) is 11.8 Å². The minimum absolute atomic E-state index is 0.0547. The molecular weight excluding hydrogens is 276 g/mol. The molecule has 2 aromatic rings. The van der Waals surface area contributed by atoms with E-state index < -0.39 is 6.04 Å². The minimum Gasteiger partial charge on any atom is -0.493 e. The number of rotatable bonds is 3. The van der Waals surface area contributed by atoms with Gasteiger partial charge in [-0.15, -0.1) is 0 Å². The van der Waals surface area contributed by atoms with Crippen molar-refractivity contribution in [3.05, 3.63) is 65.7 Å². The Morgan fingerprint density at radius 3 is 2.68 bits per heavy atom. The molecule has 0 saturated carbocycles. The Morgan fingerprint density at radius 2 is 1.86 bits per heavy atom. The van der Waals surface area contributed by atoms with Crippen LogP contribution in [-0.4, -0.2) is 12.5 Å². The SMILES string of the molecule is NC(C(=O)NC1CCCOc2ccccc21)c1ccccc1. The molecule has 1 heterocycles. The van der Waals surface area contributed by atoms with Crippen LogP contribution >= 0.6 is 0 Å². The largest absolute Gasteiger partial charge is 0.493 e. The predicted octanol–water partition coefficient (Wildman–Crippen LogP) is 2.72. The number of carbonyl (C=O) groups excluding carboxylic acids is 1. The van der Waals surface area contributed by atoms with Crippen LogP contribution in [0, 0.1) is 0 Å². The summed E-state index contributed by atoms with van der Waals surface area (Å²) in [5, 5.41) is 3.07. The molecule has 3 rings (SSSR count). The Kier molecular flexibility index (Phi) is 4.39. The lowest BCUT2D eigenvalue weighted by Crippen LogP contribution is -2.36. The highest BCUT2D eigenvalue weighted by Crippen LogP contribution is 2.31. The van der Waals surface area contributed by atoms with Gasteiger partial charge in [0.25, 0.3) is 0 Å². The summed E-state index contributed by atoms with van der Waals surface area (Å²) in [5.41, 5.74) is 7.91. The number of fused-ring (bicyclic) bond motifs is 1. The van der Waals surface area contributed by atoms with Crippen LogP contribution in [0.3, 0.4) is 0 Å². The molecule has 0 bridgehead atoms. The van der Waals surface area contributed by atoms with Crippen molar-refractivity contribution in [1.29, 1.82) is 0 Å². The molecule has 2 aromatic carbocycles. The van der Waals surface area contributed by atoms with Crippen molar-refractivity contribution in [2.75, 3.05) is 6.61 Å². The summed E-state index contributed by atoms with van der Waals surface area (Å²) in [7, 11) is 0. The van der Waals surface area contributed by atoms with Gasteiger partial charge in [-0.25, -0.2) is 0 Å². The van der Waals surface area contributed by atoms with E-state index in [-0.39, 0.29) is 11.9 Å². The number of amides is 1. The number of hydrogen-bond donors (Lipinski definition) is 2. The Balaban J connectivity index is 1.76.